The number of nitrogen functional groups attached to an aromatic ring is 1. The SMILES string of the molecule is COCCN(C(=O)NCC(C)(C)N(C)C)C(=O)[C@@H]1C[C@@H]2Cc3c(sc(N)c3C#N)C[C@H]2N(C)C1. The van der Waals surface area contributed by atoms with Gasteiger partial charge in [0.15, 0.2) is 0 Å². The van der Waals surface area contributed by atoms with Gasteiger partial charge >= 0.3 is 6.03 Å². The molecule has 2 heterocycles. The van der Waals surface area contributed by atoms with E-state index in [1.165, 1.54) is 21.1 Å². The molecular formula is C24H38N6O3S. The van der Waals surface area contributed by atoms with Crippen molar-refractivity contribution in [1.82, 2.24) is 20.0 Å². The first-order valence-corrected chi connectivity index (χ1v) is 12.6. The first kappa shape index (κ1) is 26.4. The number of hydrogen-bond donors (Lipinski definition) is 2. The number of nitriles is 1. The van der Waals surface area contributed by atoms with E-state index in [9.17, 15) is 14.9 Å². The zero-order valence-electron chi connectivity index (χ0n) is 21.2. The molecule has 0 radical (unpaired) electrons. The van der Waals surface area contributed by atoms with Crippen molar-refractivity contribution in [2.24, 2.45) is 11.8 Å². The highest BCUT2D eigenvalue weighted by Crippen LogP contribution is 2.43. The van der Waals surface area contributed by atoms with Gasteiger partial charge < -0.3 is 25.6 Å². The Morgan fingerprint density at radius 1 is 1.35 bits per heavy atom. The Bertz CT molecular complexity index is 953. The van der Waals surface area contributed by atoms with Gasteiger partial charge in [-0.2, -0.15) is 5.26 Å². The van der Waals surface area contributed by atoms with Crippen molar-refractivity contribution in [3.05, 3.63) is 16.0 Å². The molecule has 1 aliphatic carbocycles. The Morgan fingerprint density at radius 3 is 2.68 bits per heavy atom. The quantitative estimate of drug-likeness (QED) is 0.598. The second-order valence-corrected chi connectivity index (χ2v) is 11.4. The second kappa shape index (κ2) is 10.6. The molecule has 3 atom stereocenters. The van der Waals surface area contributed by atoms with Crippen molar-refractivity contribution < 1.29 is 14.3 Å². The molecule has 0 saturated carbocycles. The van der Waals surface area contributed by atoms with Gasteiger partial charge in [-0.25, -0.2) is 4.79 Å². The lowest BCUT2D eigenvalue weighted by Crippen LogP contribution is -2.57. The van der Waals surface area contributed by atoms with Gasteiger partial charge in [-0.05, 0) is 65.7 Å². The van der Waals surface area contributed by atoms with Gasteiger partial charge in [0.2, 0.25) is 5.91 Å². The summed E-state index contributed by atoms with van der Waals surface area (Å²) in [7, 11) is 7.53. The summed E-state index contributed by atoms with van der Waals surface area (Å²) in [6, 6.07) is 2.19. The zero-order valence-corrected chi connectivity index (χ0v) is 22.0. The van der Waals surface area contributed by atoms with Gasteiger partial charge in [-0.15, -0.1) is 11.3 Å². The average molecular weight is 491 g/mol. The molecule has 9 nitrogen and oxygen atoms in total. The van der Waals surface area contributed by atoms with Crippen LogP contribution in [0, 0.1) is 23.2 Å². The van der Waals surface area contributed by atoms with E-state index >= 15 is 0 Å². The van der Waals surface area contributed by atoms with Crippen molar-refractivity contribution in [3.8, 4) is 6.07 Å². The van der Waals surface area contributed by atoms with Gasteiger partial charge in [0.1, 0.15) is 11.1 Å². The first-order valence-electron chi connectivity index (χ1n) is 11.8. The lowest BCUT2D eigenvalue weighted by molar-refractivity contribution is -0.136. The summed E-state index contributed by atoms with van der Waals surface area (Å²) >= 11 is 1.52. The van der Waals surface area contributed by atoms with Crippen LogP contribution in [0.3, 0.4) is 0 Å². The van der Waals surface area contributed by atoms with Crippen LogP contribution in [0.4, 0.5) is 9.80 Å². The van der Waals surface area contributed by atoms with E-state index in [0.717, 1.165) is 18.4 Å². The number of thiophene rings is 1. The molecule has 0 unspecified atom stereocenters. The first-order chi connectivity index (χ1) is 16.0. The summed E-state index contributed by atoms with van der Waals surface area (Å²) in [5.74, 6) is -0.223. The molecule has 0 spiro atoms. The Hall–Kier alpha value is -2.19. The predicted octanol–water partition coefficient (Wildman–Crippen LogP) is 1.76. The summed E-state index contributed by atoms with van der Waals surface area (Å²) in [5, 5.41) is 13.1. The molecule has 1 aromatic heterocycles. The summed E-state index contributed by atoms with van der Waals surface area (Å²) in [6.45, 7) is 5.59. The fourth-order valence-corrected chi connectivity index (χ4v) is 6.01. The van der Waals surface area contributed by atoms with Crippen LogP contribution in [0.1, 0.15) is 36.3 Å². The highest BCUT2D eigenvalue weighted by molar-refractivity contribution is 7.16. The van der Waals surface area contributed by atoms with Crippen LogP contribution in [-0.2, 0) is 22.4 Å². The zero-order chi connectivity index (χ0) is 25.2. The number of methoxy groups -OCH3 is 1. The van der Waals surface area contributed by atoms with Crippen LogP contribution < -0.4 is 11.1 Å². The number of nitrogens with one attached hydrogen (secondary N) is 1. The number of amides is 3. The number of ether oxygens (including phenoxy) is 1. The van der Waals surface area contributed by atoms with Gasteiger partial charge in [0.05, 0.1) is 24.6 Å². The van der Waals surface area contributed by atoms with E-state index in [1.807, 2.05) is 39.9 Å². The third kappa shape index (κ3) is 5.38. The summed E-state index contributed by atoms with van der Waals surface area (Å²) in [6.07, 6.45) is 2.28. The molecule has 1 fully saturated rings. The summed E-state index contributed by atoms with van der Waals surface area (Å²) < 4.78 is 5.18. The highest BCUT2D eigenvalue weighted by atomic mass is 32.1. The molecule has 1 saturated heterocycles. The molecule has 34 heavy (non-hydrogen) atoms. The molecule has 0 bridgehead atoms. The van der Waals surface area contributed by atoms with Crippen molar-refractivity contribution in [1.29, 1.82) is 5.26 Å². The maximum absolute atomic E-state index is 13.6. The second-order valence-electron chi connectivity index (χ2n) is 10.3. The van der Waals surface area contributed by atoms with Crippen LogP contribution in [-0.4, -0.2) is 92.7 Å². The molecule has 2 aliphatic rings. The smallest absolute Gasteiger partial charge is 0.324 e. The Morgan fingerprint density at radius 2 is 2.06 bits per heavy atom. The number of carbonyl (C=O) groups excluding carboxylic acids is 2. The van der Waals surface area contributed by atoms with Crippen LogP contribution in [0.2, 0.25) is 0 Å². The van der Waals surface area contributed by atoms with E-state index in [-0.39, 0.29) is 42.5 Å². The number of carbonyl (C=O) groups is 2. The number of hydrogen-bond acceptors (Lipinski definition) is 8. The normalized spacial score (nSPS) is 22.6. The molecule has 1 aliphatic heterocycles. The average Bonchev–Trinajstić information content (AvgIpc) is 3.10. The van der Waals surface area contributed by atoms with E-state index in [1.54, 1.807) is 7.11 Å². The molecule has 3 rings (SSSR count). The topological polar surface area (TPSA) is 115 Å². The minimum Gasteiger partial charge on any atom is -0.389 e. The molecule has 10 heteroatoms. The molecule has 3 amide bonds. The molecule has 0 aromatic carbocycles. The molecule has 188 valence electrons. The van der Waals surface area contributed by atoms with E-state index in [2.05, 4.69) is 16.3 Å². The predicted molar refractivity (Wildman–Crippen MR) is 134 cm³/mol. The third-order valence-corrected chi connectivity index (χ3v) is 8.64. The highest BCUT2D eigenvalue weighted by Gasteiger charge is 2.43. The number of nitrogens with zero attached hydrogens (tertiary/aromatic N) is 4. The monoisotopic (exact) mass is 490 g/mol. The summed E-state index contributed by atoms with van der Waals surface area (Å²) in [5.41, 5.74) is 7.49. The van der Waals surface area contributed by atoms with Gasteiger partial charge in [-0.3, -0.25) is 9.69 Å². The van der Waals surface area contributed by atoms with Gasteiger partial charge in [-0.1, -0.05) is 0 Å². The summed E-state index contributed by atoms with van der Waals surface area (Å²) in [4.78, 5) is 33.5. The van der Waals surface area contributed by atoms with E-state index in [0.29, 0.717) is 36.1 Å². The maximum Gasteiger partial charge on any atom is 0.324 e. The lowest BCUT2D eigenvalue weighted by Gasteiger charge is -2.45. The van der Waals surface area contributed by atoms with Gasteiger partial charge in [0.25, 0.3) is 0 Å². The number of fused-ring (bicyclic) bond motifs is 2. The van der Waals surface area contributed by atoms with Crippen molar-refractivity contribution in [2.45, 2.75) is 44.7 Å². The fraction of sp³-hybridized carbons (Fsp3) is 0.708. The van der Waals surface area contributed by atoms with Crippen LogP contribution in [0.5, 0.6) is 0 Å². The minimum absolute atomic E-state index is 0.168. The van der Waals surface area contributed by atoms with Crippen molar-refractivity contribution >= 4 is 28.3 Å². The molecule has 3 N–H and O–H groups in total. The molecule has 1 aromatic rings. The number of rotatable bonds is 7. The Labute approximate surface area is 206 Å². The number of piperidine rings is 1. The van der Waals surface area contributed by atoms with Crippen molar-refractivity contribution in [3.63, 3.8) is 0 Å². The standard InChI is InChI=1S/C24H38N6O3S/c1-24(2,28(3)4)14-27-23(32)30(7-8-33-6)22(31)16-9-15-10-17-18(12-25)21(26)34-20(17)11-19(15)29(5)13-16/h15-16,19H,7-11,13-14,26H2,1-6H3,(H,27,32)/t15-,16-,19-/m1/s1. The maximum atomic E-state index is 13.6. The number of imide groups is 1. The van der Waals surface area contributed by atoms with Crippen LogP contribution >= 0.6 is 11.3 Å². The number of nitrogens with two attached hydrogens (primary N) is 1. The van der Waals surface area contributed by atoms with Crippen molar-refractivity contribution in [2.75, 3.05) is 60.2 Å². The van der Waals surface area contributed by atoms with Gasteiger partial charge in [0, 0.05) is 36.7 Å². The number of likely N-dealkylation sites (N-methyl/N-ethyl adjacent to an activating group) is 2. The lowest BCUT2D eigenvalue weighted by atomic mass is 9.74. The third-order valence-electron chi connectivity index (χ3n) is 7.56. The Kier molecular flexibility index (Phi) is 8.24. The minimum atomic E-state index is -0.384. The van der Waals surface area contributed by atoms with Crippen LogP contribution in [0.25, 0.3) is 0 Å². The van der Waals surface area contributed by atoms with E-state index < -0.39 is 0 Å². The molecular weight excluding hydrogens is 452 g/mol. The van der Waals surface area contributed by atoms with E-state index in [4.69, 9.17) is 10.5 Å². The fourth-order valence-electron chi connectivity index (χ4n) is 4.91. The number of anilines is 1. The van der Waals surface area contributed by atoms with Crippen LogP contribution in [0.15, 0.2) is 0 Å². The number of likely N-dealkylation sites (tertiary alicyclic amines) is 1. The Balaban J connectivity index is 1.75. The number of urea groups is 1. The largest absolute Gasteiger partial charge is 0.389 e.